The molecule has 1 aliphatic rings. The van der Waals surface area contributed by atoms with Gasteiger partial charge in [-0.2, -0.15) is 0 Å². The molecule has 0 spiro atoms. The zero-order valence-corrected chi connectivity index (χ0v) is 15.9. The SMILES string of the molecule is Cc1ccc(C)c(S(=O)(=O)Nc2ccc(N3CCC(C)CC3)cc2)c1. The molecule has 2 aromatic rings. The largest absolute Gasteiger partial charge is 0.372 e. The predicted octanol–water partition coefficient (Wildman–Crippen LogP) is 4.34. The number of nitrogens with zero attached hydrogens (tertiary/aromatic N) is 1. The van der Waals surface area contributed by atoms with Gasteiger partial charge in [0.1, 0.15) is 0 Å². The van der Waals surface area contributed by atoms with Gasteiger partial charge in [-0.1, -0.05) is 19.1 Å². The van der Waals surface area contributed by atoms with E-state index in [1.807, 2.05) is 50.2 Å². The van der Waals surface area contributed by atoms with Crippen LogP contribution in [0.3, 0.4) is 0 Å². The number of sulfonamides is 1. The van der Waals surface area contributed by atoms with Crippen LogP contribution in [0.2, 0.25) is 0 Å². The van der Waals surface area contributed by atoms with E-state index in [1.165, 1.54) is 12.8 Å². The van der Waals surface area contributed by atoms with E-state index < -0.39 is 10.0 Å². The number of anilines is 2. The minimum atomic E-state index is -3.58. The Balaban J connectivity index is 1.75. The molecule has 0 aliphatic carbocycles. The van der Waals surface area contributed by atoms with Gasteiger partial charge in [-0.15, -0.1) is 0 Å². The first-order valence-corrected chi connectivity index (χ1v) is 10.3. The first kappa shape index (κ1) is 17.8. The fourth-order valence-electron chi connectivity index (χ4n) is 3.21. The monoisotopic (exact) mass is 358 g/mol. The van der Waals surface area contributed by atoms with Crippen molar-refractivity contribution in [2.24, 2.45) is 5.92 Å². The fourth-order valence-corrected chi connectivity index (χ4v) is 4.60. The first-order chi connectivity index (χ1) is 11.8. The summed E-state index contributed by atoms with van der Waals surface area (Å²) in [5, 5.41) is 0. The standard InChI is InChI=1S/C20H26N2O2S/c1-15-10-12-22(13-11-15)19-8-6-18(7-9-19)21-25(23,24)20-14-16(2)4-5-17(20)3/h4-9,14-15,21H,10-13H2,1-3H3. The Hall–Kier alpha value is -2.01. The molecule has 0 aromatic heterocycles. The number of aryl methyl sites for hydroxylation is 2. The summed E-state index contributed by atoms with van der Waals surface area (Å²) in [6.45, 7) is 8.13. The minimum Gasteiger partial charge on any atom is -0.372 e. The molecular weight excluding hydrogens is 332 g/mol. The topological polar surface area (TPSA) is 49.4 Å². The van der Waals surface area contributed by atoms with Crippen LogP contribution < -0.4 is 9.62 Å². The second-order valence-corrected chi connectivity index (χ2v) is 8.74. The number of hydrogen-bond acceptors (Lipinski definition) is 3. The molecule has 1 aliphatic heterocycles. The van der Waals surface area contributed by atoms with Crippen molar-refractivity contribution >= 4 is 21.4 Å². The van der Waals surface area contributed by atoms with E-state index in [1.54, 1.807) is 6.07 Å². The molecular formula is C20H26N2O2S. The number of hydrogen-bond donors (Lipinski definition) is 1. The van der Waals surface area contributed by atoms with Gasteiger partial charge in [0.05, 0.1) is 4.90 Å². The van der Waals surface area contributed by atoms with Crippen LogP contribution >= 0.6 is 0 Å². The van der Waals surface area contributed by atoms with E-state index in [2.05, 4.69) is 16.5 Å². The minimum absolute atomic E-state index is 0.335. The van der Waals surface area contributed by atoms with Gasteiger partial charge in [0, 0.05) is 24.5 Å². The second kappa shape index (κ2) is 7.08. The van der Waals surface area contributed by atoms with Crippen molar-refractivity contribution in [1.82, 2.24) is 0 Å². The zero-order chi connectivity index (χ0) is 18.0. The van der Waals surface area contributed by atoms with E-state index in [0.29, 0.717) is 10.6 Å². The van der Waals surface area contributed by atoms with Crippen LogP contribution in [0, 0.1) is 19.8 Å². The lowest BCUT2D eigenvalue weighted by atomic mass is 9.99. The van der Waals surface area contributed by atoms with E-state index in [9.17, 15) is 8.42 Å². The first-order valence-electron chi connectivity index (χ1n) is 8.80. The molecule has 1 saturated heterocycles. The van der Waals surface area contributed by atoms with Gasteiger partial charge in [-0.25, -0.2) is 8.42 Å². The molecule has 0 unspecified atom stereocenters. The molecule has 0 saturated carbocycles. The molecule has 3 rings (SSSR count). The van der Waals surface area contributed by atoms with E-state index in [-0.39, 0.29) is 0 Å². The van der Waals surface area contributed by atoms with Crippen LogP contribution in [0.5, 0.6) is 0 Å². The predicted molar refractivity (Wildman–Crippen MR) is 104 cm³/mol. The summed E-state index contributed by atoms with van der Waals surface area (Å²) in [5.74, 6) is 0.792. The van der Waals surface area contributed by atoms with E-state index >= 15 is 0 Å². The summed E-state index contributed by atoms with van der Waals surface area (Å²) < 4.78 is 28.0. The van der Waals surface area contributed by atoms with Crippen molar-refractivity contribution in [3.63, 3.8) is 0 Å². The average molecular weight is 359 g/mol. The van der Waals surface area contributed by atoms with Crippen LogP contribution in [0.4, 0.5) is 11.4 Å². The average Bonchev–Trinajstić information content (AvgIpc) is 2.58. The Morgan fingerprint density at radius 1 is 1.00 bits per heavy atom. The van der Waals surface area contributed by atoms with Crippen LogP contribution in [0.15, 0.2) is 47.4 Å². The molecule has 0 atom stereocenters. The molecule has 1 heterocycles. The van der Waals surface area contributed by atoms with Gasteiger partial charge >= 0.3 is 0 Å². The van der Waals surface area contributed by atoms with Crippen molar-refractivity contribution < 1.29 is 8.42 Å². The smallest absolute Gasteiger partial charge is 0.262 e. The zero-order valence-electron chi connectivity index (χ0n) is 15.1. The summed E-state index contributed by atoms with van der Waals surface area (Å²) in [7, 11) is -3.58. The van der Waals surface area contributed by atoms with Gasteiger partial charge in [-0.05, 0) is 74.1 Å². The van der Waals surface area contributed by atoms with E-state index in [4.69, 9.17) is 0 Å². The number of benzene rings is 2. The lowest BCUT2D eigenvalue weighted by Gasteiger charge is -2.32. The summed E-state index contributed by atoms with van der Waals surface area (Å²) in [6, 6.07) is 13.1. The highest BCUT2D eigenvalue weighted by molar-refractivity contribution is 7.92. The summed E-state index contributed by atoms with van der Waals surface area (Å²) in [5.41, 5.74) is 3.43. The van der Waals surface area contributed by atoms with Crippen molar-refractivity contribution in [3.05, 3.63) is 53.6 Å². The molecule has 5 heteroatoms. The highest BCUT2D eigenvalue weighted by atomic mass is 32.2. The molecule has 0 bridgehead atoms. The van der Waals surface area contributed by atoms with Crippen LogP contribution in [0.25, 0.3) is 0 Å². The Morgan fingerprint density at radius 2 is 1.64 bits per heavy atom. The third kappa shape index (κ3) is 4.15. The maximum atomic E-state index is 12.7. The summed E-state index contributed by atoms with van der Waals surface area (Å²) in [4.78, 5) is 2.70. The second-order valence-electron chi connectivity index (χ2n) is 7.09. The van der Waals surface area contributed by atoms with Crippen LogP contribution in [-0.2, 0) is 10.0 Å². The molecule has 134 valence electrons. The lowest BCUT2D eigenvalue weighted by molar-refractivity contribution is 0.438. The van der Waals surface area contributed by atoms with Crippen molar-refractivity contribution in [1.29, 1.82) is 0 Å². The van der Waals surface area contributed by atoms with Crippen molar-refractivity contribution in [3.8, 4) is 0 Å². The quantitative estimate of drug-likeness (QED) is 0.884. The normalized spacial score (nSPS) is 16.0. The Morgan fingerprint density at radius 3 is 2.28 bits per heavy atom. The highest BCUT2D eigenvalue weighted by Crippen LogP contribution is 2.26. The maximum absolute atomic E-state index is 12.7. The highest BCUT2D eigenvalue weighted by Gasteiger charge is 2.18. The van der Waals surface area contributed by atoms with Gasteiger partial charge in [0.2, 0.25) is 0 Å². The molecule has 2 aromatic carbocycles. The molecule has 1 N–H and O–H groups in total. The van der Waals surface area contributed by atoms with Gasteiger partial charge < -0.3 is 4.90 Å². The molecule has 4 nitrogen and oxygen atoms in total. The number of piperidine rings is 1. The molecule has 25 heavy (non-hydrogen) atoms. The maximum Gasteiger partial charge on any atom is 0.262 e. The summed E-state index contributed by atoms with van der Waals surface area (Å²) in [6.07, 6.45) is 2.42. The van der Waals surface area contributed by atoms with Gasteiger partial charge in [-0.3, -0.25) is 4.72 Å². The third-order valence-corrected chi connectivity index (χ3v) is 6.42. The van der Waals surface area contributed by atoms with E-state index in [0.717, 1.165) is 35.8 Å². The van der Waals surface area contributed by atoms with Crippen molar-refractivity contribution in [2.75, 3.05) is 22.7 Å². The van der Waals surface area contributed by atoms with Crippen molar-refractivity contribution in [2.45, 2.75) is 38.5 Å². The van der Waals surface area contributed by atoms with Gasteiger partial charge in [0.15, 0.2) is 0 Å². The van der Waals surface area contributed by atoms with Gasteiger partial charge in [0.25, 0.3) is 10.0 Å². The molecule has 0 amide bonds. The lowest BCUT2D eigenvalue weighted by Crippen LogP contribution is -2.32. The Labute approximate surface area is 150 Å². The summed E-state index contributed by atoms with van der Waals surface area (Å²) >= 11 is 0. The molecule has 0 radical (unpaired) electrons. The van der Waals surface area contributed by atoms with Crippen LogP contribution in [0.1, 0.15) is 30.9 Å². The Kier molecular flexibility index (Phi) is 5.04. The fraction of sp³-hybridized carbons (Fsp3) is 0.400. The number of nitrogens with one attached hydrogen (secondary N) is 1. The van der Waals surface area contributed by atoms with Crippen LogP contribution in [-0.4, -0.2) is 21.5 Å². The Bertz CT molecular complexity index is 836. The third-order valence-electron chi connectivity index (χ3n) is 4.90. The number of rotatable bonds is 4. The molecule has 1 fully saturated rings.